The third-order valence-corrected chi connectivity index (χ3v) is 3.72. The van der Waals surface area contributed by atoms with E-state index in [0.29, 0.717) is 11.3 Å². The summed E-state index contributed by atoms with van der Waals surface area (Å²) in [5.74, 6) is -0.438. The van der Waals surface area contributed by atoms with Crippen molar-refractivity contribution in [3.8, 4) is 11.8 Å². The number of fused-ring (bicyclic) bond motifs is 1. The lowest BCUT2D eigenvalue weighted by atomic mass is 9.84. The summed E-state index contributed by atoms with van der Waals surface area (Å²) in [5.41, 5.74) is 5.78. The van der Waals surface area contributed by atoms with Crippen molar-refractivity contribution in [2.75, 3.05) is 0 Å². The lowest BCUT2D eigenvalue weighted by Gasteiger charge is -2.25. The van der Waals surface area contributed by atoms with Crippen molar-refractivity contribution in [2.24, 2.45) is 5.73 Å². The zero-order chi connectivity index (χ0) is 17.4. The number of benzene rings is 1. The average molecular weight is 327 g/mol. The normalized spacial score (nSPS) is 17.7. The van der Waals surface area contributed by atoms with Gasteiger partial charge in [-0.3, -0.25) is 0 Å². The molecule has 0 radical (unpaired) electrons. The fourth-order valence-corrected chi connectivity index (χ4v) is 2.70. The van der Waals surface area contributed by atoms with E-state index in [-0.39, 0.29) is 28.5 Å². The van der Waals surface area contributed by atoms with Crippen molar-refractivity contribution in [3.05, 3.63) is 74.3 Å². The number of aryl methyl sites for hydroxylation is 1. The quantitative estimate of drug-likeness (QED) is 0.686. The van der Waals surface area contributed by atoms with Crippen molar-refractivity contribution in [2.45, 2.75) is 12.8 Å². The van der Waals surface area contributed by atoms with Crippen LogP contribution in [0.4, 0.5) is 5.69 Å². The Kier molecular flexibility index (Phi) is 3.83. The Bertz CT molecular complexity index is 939. The Balaban J connectivity index is 2.28. The monoisotopic (exact) mass is 327 g/mol. The highest BCUT2D eigenvalue weighted by Gasteiger charge is 2.34. The summed E-state index contributed by atoms with van der Waals surface area (Å²) in [6.45, 7) is 1.59. The van der Waals surface area contributed by atoms with E-state index in [4.69, 9.17) is 20.1 Å². The number of nitriles is 1. The lowest BCUT2D eigenvalue weighted by molar-refractivity contribution is -0.991. The standard InChI is InChI=1S/C16H13N3O5/c1-8-5-12-14(16(20)23-8)13(11(7-17)15(18)24-12)9-3-2-4-10(6-9)19(21)22/h2-6,13,19,21H,18H2,1H3/t13-/m0/s1. The van der Waals surface area contributed by atoms with Crippen molar-refractivity contribution in [1.82, 2.24) is 0 Å². The van der Waals surface area contributed by atoms with E-state index in [1.165, 1.54) is 24.3 Å². The molecular weight excluding hydrogens is 314 g/mol. The molecule has 24 heavy (non-hydrogen) atoms. The molecule has 1 aromatic carbocycles. The van der Waals surface area contributed by atoms with Gasteiger partial charge in [0.25, 0.3) is 0 Å². The second-order valence-corrected chi connectivity index (χ2v) is 5.28. The van der Waals surface area contributed by atoms with Gasteiger partial charge in [0.15, 0.2) is 5.69 Å². The van der Waals surface area contributed by atoms with Gasteiger partial charge in [0.1, 0.15) is 23.2 Å². The molecule has 1 aromatic heterocycles. The lowest BCUT2D eigenvalue weighted by Crippen LogP contribution is -2.99. The maximum Gasteiger partial charge on any atom is 0.343 e. The maximum absolute atomic E-state index is 12.3. The van der Waals surface area contributed by atoms with Crippen molar-refractivity contribution in [1.29, 1.82) is 5.26 Å². The van der Waals surface area contributed by atoms with Gasteiger partial charge in [0.05, 0.1) is 11.5 Å². The molecule has 122 valence electrons. The first-order chi connectivity index (χ1) is 11.4. The number of allylic oxidation sites excluding steroid dienone is 1. The largest absolute Gasteiger partial charge is 0.595 e. The molecule has 0 saturated carbocycles. The molecule has 2 heterocycles. The summed E-state index contributed by atoms with van der Waals surface area (Å²) in [5, 5.41) is 28.7. The maximum atomic E-state index is 12.3. The van der Waals surface area contributed by atoms with Crippen LogP contribution in [0.1, 0.15) is 22.8 Å². The molecule has 1 unspecified atom stereocenters. The first-order valence-corrected chi connectivity index (χ1v) is 6.98. The number of nitrogens with two attached hydrogens (primary N) is 1. The highest BCUT2D eigenvalue weighted by molar-refractivity contribution is 5.55. The van der Waals surface area contributed by atoms with Crippen LogP contribution >= 0.6 is 0 Å². The average Bonchev–Trinajstić information content (AvgIpc) is 2.53. The van der Waals surface area contributed by atoms with Crippen LogP contribution in [0.5, 0.6) is 5.75 Å². The predicted octanol–water partition coefficient (Wildman–Crippen LogP) is 0.570. The molecular formula is C16H13N3O5. The van der Waals surface area contributed by atoms with Crippen molar-refractivity contribution in [3.63, 3.8) is 0 Å². The van der Waals surface area contributed by atoms with Crippen LogP contribution in [0.3, 0.4) is 0 Å². The molecule has 1 aliphatic heterocycles. The predicted molar refractivity (Wildman–Crippen MR) is 81.2 cm³/mol. The molecule has 0 fully saturated rings. The fraction of sp³-hybridized carbons (Fsp3) is 0.125. The molecule has 4 N–H and O–H groups in total. The third-order valence-electron chi connectivity index (χ3n) is 3.72. The Labute approximate surface area is 136 Å². The molecule has 8 heteroatoms. The highest BCUT2D eigenvalue weighted by Crippen LogP contribution is 2.40. The molecule has 2 atom stereocenters. The number of nitrogens with zero attached hydrogens (tertiary/aromatic N) is 1. The molecule has 1 aliphatic rings. The molecule has 8 nitrogen and oxygen atoms in total. The van der Waals surface area contributed by atoms with Gasteiger partial charge in [-0.15, -0.1) is 0 Å². The van der Waals surface area contributed by atoms with Crippen LogP contribution in [-0.4, -0.2) is 5.21 Å². The zero-order valence-corrected chi connectivity index (χ0v) is 12.6. The van der Waals surface area contributed by atoms with E-state index >= 15 is 0 Å². The number of hydrogen-bond acceptors (Lipinski definition) is 7. The number of hydrogen-bond donors (Lipinski definition) is 3. The van der Waals surface area contributed by atoms with Crippen molar-refractivity contribution < 1.29 is 19.6 Å². The molecule has 0 amide bonds. The minimum atomic E-state index is -1.12. The summed E-state index contributed by atoms with van der Waals surface area (Å²) in [6.07, 6.45) is 0. The molecule has 0 spiro atoms. The van der Waals surface area contributed by atoms with Gasteiger partial charge in [-0.25, -0.2) is 10.0 Å². The Hall–Kier alpha value is -3.12. The highest BCUT2D eigenvalue weighted by atomic mass is 16.8. The van der Waals surface area contributed by atoms with E-state index in [0.717, 1.165) is 0 Å². The van der Waals surface area contributed by atoms with E-state index < -0.39 is 16.8 Å². The Morgan fingerprint density at radius 3 is 2.83 bits per heavy atom. The summed E-state index contributed by atoms with van der Waals surface area (Å²) in [7, 11) is 0. The smallest absolute Gasteiger partial charge is 0.343 e. The van der Waals surface area contributed by atoms with Crippen LogP contribution in [0.2, 0.25) is 0 Å². The minimum Gasteiger partial charge on any atom is -0.595 e. The molecule has 0 bridgehead atoms. The first-order valence-electron chi connectivity index (χ1n) is 6.98. The summed E-state index contributed by atoms with van der Waals surface area (Å²) in [6, 6.07) is 9.41. The summed E-state index contributed by atoms with van der Waals surface area (Å²) in [4.78, 5) is 12.3. The zero-order valence-electron chi connectivity index (χ0n) is 12.6. The van der Waals surface area contributed by atoms with Crippen LogP contribution in [0.15, 0.2) is 51.0 Å². The van der Waals surface area contributed by atoms with Gasteiger partial charge in [0, 0.05) is 18.2 Å². The van der Waals surface area contributed by atoms with Gasteiger partial charge >= 0.3 is 5.63 Å². The van der Waals surface area contributed by atoms with Crippen LogP contribution in [0.25, 0.3) is 0 Å². The Morgan fingerprint density at radius 2 is 2.17 bits per heavy atom. The topological polar surface area (TPSA) is 137 Å². The van der Waals surface area contributed by atoms with Gasteiger partial charge in [-0.1, -0.05) is 12.1 Å². The number of quaternary nitrogens is 1. The number of nitrogens with one attached hydrogen (secondary N) is 1. The molecule has 3 rings (SSSR count). The third kappa shape index (κ3) is 2.53. The van der Waals surface area contributed by atoms with Gasteiger partial charge < -0.3 is 20.1 Å². The minimum absolute atomic E-state index is 0.0289. The first kappa shape index (κ1) is 15.8. The van der Waals surface area contributed by atoms with Crippen LogP contribution < -0.4 is 21.3 Å². The Morgan fingerprint density at radius 1 is 1.42 bits per heavy atom. The fourth-order valence-electron chi connectivity index (χ4n) is 2.70. The van der Waals surface area contributed by atoms with Gasteiger partial charge in [0.2, 0.25) is 5.88 Å². The van der Waals surface area contributed by atoms with E-state index in [9.17, 15) is 15.3 Å². The van der Waals surface area contributed by atoms with Crippen LogP contribution in [-0.2, 0) is 0 Å². The summed E-state index contributed by atoms with van der Waals surface area (Å²) < 4.78 is 10.5. The summed E-state index contributed by atoms with van der Waals surface area (Å²) >= 11 is 0. The van der Waals surface area contributed by atoms with Gasteiger partial charge in [-0.05, 0) is 12.5 Å². The molecule has 0 aliphatic carbocycles. The number of ether oxygens (including phenoxy) is 1. The second kappa shape index (κ2) is 5.82. The van der Waals surface area contributed by atoms with E-state index in [1.54, 1.807) is 13.0 Å². The van der Waals surface area contributed by atoms with E-state index in [1.807, 2.05) is 6.07 Å². The molecule has 0 saturated heterocycles. The van der Waals surface area contributed by atoms with E-state index in [2.05, 4.69) is 0 Å². The van der Waals surface area contributed by atoms with Crippen LogP contribution in [0, 0.1) is 23.5 Å². The van der Waals surface area contributed by atoms with Gasteiger partial charge in [-0.2, -0.15) is 10.5 Å². The SMILES string of the molecule is Cc1cc2c(c(=O)o1)[C@@H](c1cccc([NH+]([O-])O)c1)C(C#N)=C(N)O2. The second-order valence-electron chi connectivity index (χ2n) is 5.28. The number of rotatable bonds is 2. The van der Waals surface area contributed by atoms with Crippen molar-refractivity contribution >= 4 is 5.69 Å². The molecule has 2 aromatic rings.